The smallest absolute Gasteiger partial charge is 0.173 e. The van der Waals surface area contributed by atoms with E-state index in [1.54, 1.807) is 27.7 Å². The summed E-state index contributed by atoms with van der Waals surface area (Å²) < 4.78 is 10.6. The van der Waals surface area contributed by atoms with Gasteiger partial charge in [-0.3, -0.25) is 14.4 Å². The number of methoxy groups -OCH3 is 2. The third-order valence-corrected chi connectivity index (χ3v) is 8.62. The van der Waals surface area contributed by atoms with Crippen LogP contribution in [0.15, 0.2) is 0 Å². The maximum atomic E-state index is 13.5. The molecule has 1 unspecified atom stereocenters. The predicted octanol–water partition coefficient (Wildman–Crippen LogP) is 5.71. The van der Waals surface area contributed by atoms with E-state index in [1.807, 2.05) is 0 Å². The van der Waals surface area contributed by atoms with E-state index in [1.165, 1.54) is 35.0 Å². The van der Waals surface area contributed by atoms with E-state index >= 15 is 0 Å². The standard InChI is InChI=1S/C35H42O12/c1-10-14(4)26(38)23-31(43)20(11-18-27(39)15(5)34(46-8)22(17(7)36)30(18)42)29(41)21(32(23)44)12-19-28(40)16(6)35(47-9)24(33(19)45)25(37)13(2)3/h13-14,39-45H,10-12H2,1-9H3. The van der Waals surface area contributed by atoms with Crippen LogP contribution in [0.2, 0.25) is 0 Å². The molecule has 7 N–H and O–H groups in total. The van der Waals surface area contributed by atoms with Crippen LogP contribution in [0.5, 0.6) is 51.7 Å². The zero-order valence-electron chi connectivity index (χ0n) is 27.9. The van der Waals surface area contributed by atoms with Gasteiger partial charge in [-0.05, 0) is 27.2 Å². The van der Waals surface area contributed by atoms with E-state index in [0.717, 1.165) is 0 Å². The van der Waals surface area contributed by atoms with E-state index < -0.39 is 99.0 Å². The van der Waals surface area contributed by atoms with Crippen LogP contribution < -0.4 is 9.47 Å². The molecule has 12 nitrogen and oxygen atoms in total. The summed E-state index contributed by atoms with van der Waals surface area (Å²) in [5.41, 5.74) is -2.35. The molecule has 0 fully saturated rings. The molecule has 3 rings (SSSR count). The first-order valence-electron chi connectivity index (χ1n) is 15.0. The van der Waals surface area contributed by atoms with Crippen LogP contribution in [-0.2, 0) is 12.8 Å². The Hall–Kier alpha value is -5.13. The summed E-state index contributed by atoms with van der Waals surface area (Å²) in [7, 11) is 2.51. The van der Waals surface area contributed by atoms with Crippen molar-refractivity contribution in [1.82, 2.24) is 0 Å². The number of aromatic hydroxyl groups is 7. The Bertz CT molecular complexity index is 1790. The Balaban J connectivity index is 2.46. The first-order valence-corrected chi connectivity index (χ1v) is 15.0. The van der Waals surface area contributed by atoms with Gasteiger partial charge in [0.1, 0.15) is 68.4 Å². The highest BCUT2D eigenvalue weighted by Gasteiger charge is 2.34. The molecule has 1 atom stereocenters. The maximum absolute atomic E-state index is 13.5. The SMILES string of the molecule is CCC(C)C(=O)c1c(O)c(Cc2c(O)c(C)c(OC)c(C(C)=O)c2O)c(O)c(Cc2c(O)c(C)c(OC)c(C(=O)C(C)C)c2O)c1O. The monoisotopic (exact) mass is 654 g/mol. The van der Waals surface area contributed by atoms with Crippen molar-refractivity contribution in [2.75, 3.05) is 14.2 Å². The second-order valence-corrected chi connectivity index (χ2v) is 11.9. The minimum atomic E-state index is -0.847. The molecule has 3 aromatic carbocycles. The molecule has 0 aromatic heterocycles. The van der Waals surface area contributed by atoms with Crippen molar-refractivity contribution < 1.29 is 59.6 Å². The van der Waals surface area contributed by atoms with Crippen molar-refractivity contribution in [3.8, 4) is 51.7 Å². The highest BCUT2D eigenvalue weighted by Crippen LogP contribution is 2.51. The van der Waals surface area contributed by atoms with Gasteiger partial charge in [-0.2, -0.15) is 0 Å². The first kappa shape index (κ1) is 36.3. The maximum Gasteiger partial charge on any atom is 0.173 e. The van der Waals surface area contributed by atoms with Crippen LogP contribution in [0.4, 0.5) is 0 Å². The normalized spacial score (nSPS) is 11.9. The lowest BCUT2D eigenvalue weighted by Gasteiger charge is -2.23. The van der Waals surface area contributed by atoms with Gasteiger partial charge in [0.05, 0.1) is 14.2 Å². The molecule has 47 heavy (non-hydrogen) atoms. The molecule has 0 spiro atoms. The van der Waals surface area contributed by atoms with E-state index in [2.05, 4.69) is 0 Å². The summed E-state index contributed by atoms with van der Waals surface area (Å²) in [5.74, 6) is -8.21. The van der Waals surface area contributed by atoms with Crippen molar-refractivity contribution in [3.63, 3.8) is 0 Å². The van der Waals surface area contributed by atoms with E-state index in [9.17, 15) is 50.1 Å². The van der Waals surface area contributed by atoms with Crippen molar-refractivity contribution in [1.29, 1.82) is 0 Å². The summed E-state index contributed by atoms with van der Waals surface area (Å²) >= 11 is 0. The Morgan fingerprint density at radius 3 is 1.30 bits per heavy atom. The number of carbonyl (C=O) groups excluding carboxylic acids is 3. The van der Waals surface area contributed by atoms with E-state index in [-0.39, 0.29) is 44.9 Å². The van der Waals surface area contributed by atoms with Gasteiger partial charge in [-0.1, -0.05) is 27.7 Å². The Labute approximate surface area is 272 Å². The molecule has 3 aromatic rings. The van der Waals surface area contributed by atoms with E-state index in [4.69, 9.17) is 9.47 Å². The first-order chi connectivity index (χ1) is 21.9. The van der Waals surface area contributed by atoms with Crippen molar-refractivity contribution >= 4 is 17.3 Å². The molecule has 0 heterocycles. The second-order valence-electron chi connectivity index (χ2n) is 11.9. The molecular weight excluding hydrogens is 612 g/mol. The summed E-state index contributed by atoms with van der Waals surface area (Å²) in [6.45, 7) is 10.5. The summed E-state index contributed by atoms with van der Waals surface area (Å²) in [4.78, 5) is 39.1. The Morgan fingerprint density at radius 2 is 0.936 bits per heavy atom. The van der Waals surface area contributed by atoms with Crippen LogP contribution in [0, 0.1) is 25.7 Å². The highest BCUT2D eigenvalue weighted by molar-refractivity contribution is 6.05. The fourth-order valence-corrected chi connectivity index (χ4v) is 5.65. The Morgan fingerprint density at radius 1 is 0.574 bits per heavy atom. The van der Waals surface area contributed by atoms with Crippen LogP contribution >= 0.6 is 0 Å². The number of carbonyl (C=O) groups is 3. The molecule has 0 aliphatic carbocycles. The van der Waals surface area contributed by atoms with Crippen LogP contribution in [0.1, 0.15) is 105 Å². The van der Waals surface area contributed by atoms with Gasteiger partial charge in [-0.15, -0.1) is 0 Å². The number of hydrogen-bond acceptors (Lipinski definition) is 12. The molecule has 0 saturated heterocycles. The van der Waals surface area contributed by atoms with Gasteiger partial charge in [0.25, 0.3) is 0 Å². The lowest BCUT2D eigenvalue weighted by atomic mass is 9.85. The van der Waals surface area contributed by atoms with Gasteiger partial charge in [0.15, 0.2) is 17.3 Å². The number of ether oxygens (including phenoxy) is 2. The van der Waals surface area contributed by atoms with Crippen molar-refractivity contribution in [2.45, 2.75) is 67.7 Å². The zero-order valence-corrected chi connectivity index (χ0v) is 27.9. The second kappa shape index (κ2) is 13.7. The lowest BCUT2D eigenvalue weighted by molar-refractivity contribution is 0.0917. The molecule has 0 saturated carbocycles. The Kier molecular flexibility index (Phi) is 10.6. The molecule has 0 aliphatic heterocycles. The largest absolute Gasteiger partial charge is 0.507 e. The van der Waals surface area contributed by atoms with Gasteiger partial charge in [-0.25, -0.2) is 0 Å². The fourth-order valence-electron chi connectivity index (χ4n) is 5.65. The zero-order chi connectivity index (χ0) is 35.8. The quantitative estimate of drug-likeness (QED) is 0.117. The van der Waals surface area contributed by atoms with Crippen LogP contribution in [0.25, 0.3) is 0 Å². The number of rotatable bonds is 12. The third kappa shape index (κ3) is 6.07. The van der Waals surface area contributed by atoms with Crippen LogP contribution in [-0.4, -0.2) is 67.3 Å². The number of phenolic OH excluding ortho intramolecular Hbond substituents is 7. The lowest BCUT2D eigenvalue weighted by Crippen LogP contribution is -2.14. The van der Waals surface area contributed by atoms with Gasteiger partial charge in [0.2, 0.25) is 0 Å². The summed E-state index contributed by atoms with van der Waals surface area (Å²) in [6.07, 6.45) is -0.986. The number of Topliss-reactive ketones (excluding diaryl/α,β-unsaturated/α-hetero) is 3. The van der Waals surface area contributed by atoms with Crippen molar-refractivity contribution in [3.05, 3.63) is 50.1 Å². The highest BCUT2D eigenvalue weighted by atomic mass is 16.5. The molecule has 0 bridgehead atoms. The molecule has 0 radical (unpaired) electrons. The average Bonchev–Trinajstić information content (AvgIpc) is 3.02. The number of benzene rings is 3. The van der Waals surface area contributed by atoms with Gasteiger partial charge < -0.3 is 45.2 Å². The average molecular weight is 655 g/mol. The van der Waals surface area contributed by atoms with Gasteiger partial charge in [0, 0.05) is 58.1 Å². The topological polar surface area (TPSA) is 211 Å². The van der Waals surface area contributed by atoms with Crippen LogP contribution in [0.3, 0.4) is 0 Å². The number of ketones is 3. The number of hydrogen-bond donors (Lipinski definition) is 7. The molecule has 0 amide bonds. The molecule has 254 valence electrons. The predicted molar refractivity (Wildman–Crippen MR) is 172 cm³/mol. The van der Waals surface area contributed by atoms with E-state index in [0.29, 0.717) is 6.42 Å². The minimum absolute atomic E-state index is 0.0722. The summed E-state index contributed by atoms with van der Waals surface area (Å²) in [5, 5.41) is 79.0. The molecule has 12 heteroatoms. The molecular formula is C35H42O12. The number of phenols is 7. The summed E-state index contributed by atoms with van der Waals surface area (Å²) in [6, 6.07) is 0. The minimum Gasteiger partial charge on any atom is -0.507 e. The molecule has 0 aliphatic rings. The third-order valence-electron chi connectivity index (χ3n) is 8.62. The van der Waals surface area contributed by atoms with Gasteiger partial charge >= 0.3 is 0 Å². The fraction of sp³-hybridized carbons (Fsp3) is 0.400. The van der Waals surface area contributed by atoms with Crippen molar-refractivity contribution in [2.24, 2.45) is 11.8 Å².